The fourth-order valence-corrected chi connectivity index (χ4v) is 6.10. The van der Waals surface area contributed by atoms with Gasteiger partial charge in [0.05, 0.1) is 11.1 Å². The van der Waals surface area contributed by atoms with E-state index in [0.29, 0.717) is 39.9 Å². The number of rotatable bonds is 4. The summed E-state index contributed by atoms with van der Waals surface area (Å²) in [6.45, 7) is 3.17. The predicted octanol–water partition coefficient (Wildman–Crippen LogP) is 4.29. The first-order valence-corrected chi connectivity index (χ1v) is 13.0. The van der Waals surface area contributed by atoms with E-state index in [9.17, 15) is 14.4 Å². The van der Waals surface area contributed by atoms with Crippen LogP contribution in [-0.2, 0) is 21.7 Å². The molecule has 1 spiro atoms. The summed E-state index contributed by atoms with van der Waals surface area (Å²) in [5.41, 5.74) is 2.00. The molecule has 0 unspecified atom stereocenters. The maximum Gasteiger partial charge on any atom is 0.340 e. The van der Waals surface area contributed by atoms with E-state index in [1.807, 2.05) is 23.1 Å². The van der Waals surface area contributed by atoms with Crippen LogP contribution in [0, 0.1) is 0 Å². The first-order chi connectivity index (χ1) is 17.5. The SMILES string of the molecule is O=C1OC2(CCNCC2)c2cccc(C(=O)c3cn(CC(=O)N4CCCCC4)c4cc(Cl)ccc34)c21. The average Bonchev–Trinajstić information content (AvgIpc) is 3.39. The molecule has 1 amide bonds. The molecule has 7 nitrogen and oxygen atoms in total. The Hall–Kier alpha value is -3.16. The number of likely N-dealkylation sites (tertiary alicyclic amines) is 1. The van der Waals surface area contributed by atoms with Crippen LogP contribution >= 0.6 is 11.6 Å². The number of hydrogen-bond donors (Lipinski definition) is 1. The van der Waals surface area contributed by atoms with Crippen molar-refractivity contribution in [2.24, 2.45) is 0 Å². The summed E-state index contributed by atoms with van der Waals surface area (Å²) in [7, 11) is 0. The molecule has 2 fully saturated rings. The summed E-state index contributed by atoms with van der Waals surface area (Å²) in [5, 5.41) is 4.54. The van der Waals surface area contributed by atoms with Gasteiger partial charge in [-0.1, -0.05) is 35.9 Å². The van der Waals surface area contributed by atoms with Gasteiger partial charge in [0.25, 0.3) is 0 Å². The van der Waals surface area contributed by atoms with Crippen LogP contribution in [0.2, 0.25) is 5.02 Å². The molecule has 0 radical (unpaired) electrons. The van der Waals surface area contributed by atoms with Crippen LogP contribution in [0.25, 0.3) is 10.9 Å². The third-order valence-corrected chi connectivity index (χ3v) is 8.04. The molecule has 1 N–H and O–H groups in total. The highest BCUT2D eigenvalue weighted by Crippen LogP contribution is 2.44. The lowest BCUT2D eigenvalue weighted by molar-refractivity contribution is -0.132. The Morgan fingerprint density at radius 2 is 1.81 bits per heavy atom. The van der Waals surface area contributed by atoms with Crippen molar-refractivity contribution < 1.29 is 19.1 Å². The van der Waals surface area contributed by atoms with Crippen molar-refractivity contribution in [1.82, 2.24) is 14.8 Å². The number of hydrogen-bond acceptors (Lipinski definition) is 5. The second kappa shape index (κ2) is 9.05. The number of ketones is 1. The molecule has 36 heavy (non-hydrogen) atoms. The van der Waals surface area contributed by atoms with Gasteiger partial charge in [0, 0.05) is 59.2 Å². The Morgan fingerprint density at radius 1 is 1.03 bits per heavy atom. The zero-order valence-electron chi connectivity index (χ0n) is 20.0. The highest BCUT2D eigenvalue weighted by molar-refractivity contribution is 6.31. The second-order valence-corrected chi connectivity index (χ2v) is 10.4. The van der Waals surface area contributed by atoms with Crippen LogP contribution in [0.1, 0.15) is 63.9 Å². The van der Waals surface area contributed by atoms with Crippen molar-refractivity contribution in [3.63, 3.8) is 0 Å². The van der Waals surface area contributed by atoms with E-state index < -0.39 is 11.6 Å². The van der Waals surface area contributed by atoms with Crippen molar-refractivity contribution in [1.29, 1.82) is 0 Å². The topological polar surface area (TPSA) is 80.6 Å². The maximum atomic E-state index is 14.0. The minimum absolute atomic E-state index is 0.0302. The molecule has 1 aromatic heterocycles. The molecule has 3 aromatic rings. The lowest BCUT2D eigenvalue weighted by atomic mass is 9.82. The molecule has 6 rings (SSSR count). The molecule has 8 heteroatoms. The summed E-state index contributed by atoms with van der Waals surface area (Å²) >= 11 is 6.30. The first kappa shape index (κ1) is 23.3. The van der Waals surface area contributed by atoms with Gasteiger partial charge in [0.1, 0.15) is 12.1 Å². The molecule has 0 atom stereocenters. The number of ether oxygens (including phenoxy) is 1. The lowest BCUT2D eigenvalue weighted by Gasteiger charge is -2.33. The van der Waals surface area contributed by atoms with Gasteiger partial charge in [-0.2, -0.15) is 0 Å². The van der Waals surface area contributed by atoms with Gasteiger partial charge in [0.15, 0.2) is 5.78 Å². The smallest absolute Gasteiger partial charge is 0.340 e. The zero-order chi connectivity index (χ0) is 24.9. The quantitative estimate of drug-likeness (QED) is 0.422. The fourth-order valence-electron chi connectivity index (χ4n) is 5.94. The predicted molar refractivity (Wildman–Crippen MR) is 136 cm³/mol. The number of benzene rings is 2. The molecular formula is C28H28ClN3O4. The normalized spacial score (nSPS) is 18.9. The minimum Gasteiger partial charge on any atom is -0.450 e. The number of carbonyl (C=O) groups excluding carboxylic acids is 3. The number of nitrogens with zero attached hydrogens (tertiary/aromatic N) is 2. The van der Waals surface area contributed by atoms with Crippen LogP contribution in [0.3, 0.4) is 0 Å². The number of aromatic nitrogens is 1. The third-order valence-electron chi connectivity index (χ3n) is 7.81. The highest BCUT2D eigenvalue weighted by Gasteiger charge is 2.47. The standard InChI is InChI=1S/C28H28ClN3O4/c29-18-7-8-19-21(16-32(23(19)15-18)17-24(33)31-13-2-1-3-14-31)26(34)20-5-4-6-22-25(20)27(35)36-28(22)9-11-30-12-10-28/h4-8,15-16,30H,1-3,9-14,17H2. The Bertz CT molecular complexity index is 1380. The van der Waals surface area contributed by atoms with Crippen molar-refractivity contribution in [3.8, 4) is 0 Å². The number of fused-ring (bicyclic) bond motifs is 3. The summed E-state index contributed by atoms with van der Waals surface area (Å²) < 4.78 is 7.72. The Kier molecular flexibility index (Phi) is 5.85. The van der Waals surface area contributed by atoms with Crippen molar-refractivity contribution in [2.75, 3.05) is 26.2 Å². The van der Waals surface area contributed by atoms with Gasteiger partial charge in [-0.25, -0.2) is 4.79 Å². The molecule has 2 aromatic carbocycles. The lowest BCUT2D eigenvalue weighted by Crippen LogP contribution is -2.39. The van der Waals surface area contributed by atoms with Crippen molar-refractivity contribution >= 4 is 40.2 Å². The number of esters is 1. The fraction of sp³-hybridized carbons (Fsp3) is 0.393. The second-order valence-electron chi connectivity index (χ2n) is 9.96. The van der Waals surface area contributed by atoms with E-state index in [0.717, 1.165) is 56.5 Å². The van der Waals surface area contributed by atoms with E-state index >= 15 is 0 Å². The van der Waals surface area contributed by atoms with Crippen molar-refractivity contribution in [3.05, 3.63) is 69.9 Å². The average molecular weight is 506 g/mol. The largest absolute Gasteiger partial charge is 0.450 e. The van der Waals surface area contributed by atoms with Crippen LogP contribution < -0.4 is 5.32 Å². The zero-order valence-corrected chi connectivity index (χ0v) is 20.8. The molecular weight excluding hydrogens is 478 g/mol. The van der Waals surface area contributed by atoms with Crippen LogP contribution in [0.4, 0.5) is 0 Å². The Morgan fingerprint density at radius 3 is 2.58 bits per heavy atom. The summed E-state index contributed by atoms with van der Waals surface area (Å²) in [6.07, 6.45) is 6.26. The molecule has 2 saturated heterocycles. The number of piperidine rings is 2. The first-order valence-electron chi connectivity index (χ1n) is 12.7. The van der Waals surface area contributed by atoms with Gasteiger partial charge >= 0.3 is 5.97 Å². The van der Waals surface area contributed by atoms with E-state index in [4.69, 9.17) is 16.3 Å². The molecule has 3 aliphatic rings. The molecule has 0 bridgehead atoms. The van der Waals surface area contributed by atoms with Gasteiger partial charge < -0.3 is 19.5 Å². The number of amides is 1. The van der Waals surface area contributed by atoms with E-state index in [1.165, 1.54) is 0 Å². The van der Waals surface area contributed by atoms with E-state index in [2.05, 4.69) is 5.32 Å². The molecule has 0 aliphatic carbocycles. The monoisotopic (exact) mass is 505 g/mol. The molecule has 3 aliphatic heterocycles. The highest BCUT2D eigenvalue weighted by atomic mass is 35.5. The van der Waals surface area contributed by atoms with Gasteiger partial charge in [-0.05, 0) is 44.5 Å². The van der Waals surface area contributed by atoms with Gasteiger partial charge in [-0.3, -0.25) is 9.59 Å². The summed E-state index contributed by atoms with van der Waals surface area (Å²) in [4.78, 5) is 41.9. The van der Waals surface area contributed by atoms with Crippen LogP contribution in [0.15, 0.2) is 42.6 Å². The molecule has 4 heterocycles. The summed E-state index contributed by atoms with van der Waals surface area (Å²) in [6, 6.07) is 10.8. The van der Waals surface area contributed by atoms with E-state index in [1.54, 1.807) is 29.0 Å². The number of carbonyl (C=O) groups is 3. The Labute approximate surface area is 214 Å². The minimum atomic E-state index is -0.670. The van der Waals surface area contributed by atoms with Crippen molar-refractivity contribution in [2.45, 2.75) is 44.2 Å². The summed E-state index contributed by atoms with van der Waals surface area (Å²) in [5.74, 6) is -0.670. The maximum absolute atomic E-state index is 14.0. The number of nitrogens with one attached hydrogen (secondary N) is 1. The third kappa shape index (κ3) is 3.82. The molecule has 186 valence electrons. The van der Waals surface area contributed by atoms with Crippen LogP contribution in [0.5, 0.6) is 0 Å². The van der Waals surface area contributed by atoms with Gasteiger partial charge in [-0.15, -0.1) is 0 Å². The van der Waals surface area contributed by atoms with Crippen LogP contribution in [-0.4, -0.2) is 53.3 Å². The Balaban J connectivity index is 1.40. The number of halogens is 1. The van der Waals surface area contributed by atoms with Gasteiger partial charge in [0.2, 0.25) is 5.91 Å². The van der Waals surface area contributed by atoms with E-state index in [-0.39, 0.29) is 18.2 Å². The molecule has 0 saturated carbocycles.